The van der Waals surface area contributed by atoms with Crippen molar-refractivity contribution in [3.8, 4) is 11.5 Å². The summed E-state index contributed by atoms with van der Waals surface area (Å²) < 4.78 is 53.8. The third-order valence-electron chi connectivity index (χ3n) is 3.54. The van der Waals surface area contributed by atoms with E-state index in [1.54, 1.807) is 17.0 Å². The van der Waals surface area contributed by atoms with E-state index in [-0.39, 0.29) is 13.2 Å². The number of methoxy groups -OCH3 is 1. The highest BCUT2D eigenvalue weighted by Crippen LogP contribution is 2.34. The molecule has 8 heteroatoms. The normalized spacial score (nSPS) is 19.7. The van der Waals surface area contributed by atoms with Crippen molar-refractivity contribution in [1.29, 1.82) is 0 Å². The molecule has 1 saturated heterocycles. The molecule has 4 nitrogen and oxygen atoms in total. The summed E-state index contributed by atoms with van der Waals surface area (Å²) in [6, 6.07) is 3.33. The van der Waals surface area contributed by atoms with E-state index in [1.807, 2.05) is 6.92 Å². The molecule has 1 aromatic carbocycles. The molecule has 0 saturated carbocycles. The molecule has 0 bridgehead atoms. The molecule has 0 spiro atoms. The lowest BCUT2D eigenvalue weighted by atomic mass is 10.1. The molecule has 1 atom stereocenters. The van der Waals surface area contributed by atoms with Crippen molar-refractivity contribution in [1.82, 2.24) is 4.90 Å². The monoisotopic (exact) mass is 353 g/mol. The van der Waals surface area contributed by atoms with Gasteiger partial charge in [-0.1, -0.05) is 11.6 Å². The van der Waals surface area contributed by atoms with E-state index in [4.69, 9.17) is 25.8 Å². The predicted molar refractivity (Wildman–Crippen MR) is 80.2 cm³/mol. The van der Waals surface area contributed by atoms with Crippen molar-refractivity contribution in [3.05, 3.63) is 22.7 Å². The van der Waals surface area contributed by atoms with Gasteiger partial charge in [-0.3, -0.25) is 4.90 Å². The van der Waals surface area contributed by atoms with E-state index >= 15 is 0 Å². The molecule has 0 radical (unpaired) electrons. The van der Waals surface area contributed by atoms with Crippen LogP contribution in [0.5, 0.6) is 11.5 Å². The minimum Gasteiger partial charge on any atom is -0.493 e. The van der Waals surface area contributed by atoms with Gasteiger partial charge in [0.2, 0.25) is 0 Å². The van der Waals surface area contributed by atoms with Crippen LogP contribution in [0, 0.1) is 0 Å². The number of nitrogens with zero attached hydrogens (tertiary/aromatic N) is 1. The van der Waals surface area contributed by atoms with E-state index in [2.05, 4.69) is 0 Å². The Labute approximate surface area is 138 Å². The van der Waals surface area contributed by atoms with Crippen LogP contribution in [-0.2, 0) is 11.3 Å². The van der Waals surface area contributed by atoms with Crippen molar-refractivity contribution < 1.29 is 27.4 Å². The summed E-state index contributed by atoms with van der Waals surface area (Å²) in [6.07, 6.45) is -6.13. The third kappa shape index (κ3) is 4.65. The smallest absolute Gasteiger partial charge is 0.415 e. The molecular formula is C15H19ClF3NO3. The van der Waals surface area contributed by atoms with Crippen LogP contribution in [0.3, 0.4) is 0 Å². The lowest BCUT2D eigenvalue weighted by molar-refractivity contribution is -0.237. The fraction of sp³-hybridized carbons (Fsp3) is 0.600. The Morgan fingerprint density at radius 3 is 2.70 bits per heavy atom. The van der Waals surface area contributed by atoms with Crippen molar-refractivity contribution >= 4 is 11.6 Å². The summed E-state index contributed by atoms with van der Waals surface area (Å²) in [5.74, 6) is 1.02. The lowest BCUT2D eigenvalue weighted by Gasteiger charge is -2.34. The average Bonchev–Trinajstić information content (AvgIpc) is 2.50. The highest BCUT2D eigenvalue weighted by atomic mass is 35.5. The van der Waals surface area contributed by atoms with E-state index in [1.165, 1.54) is 7.11 Å². The van der Waals surface area contributed by atoms with E-state index in [9.17, 15) is 13.2 Å². The summed E-state index contributed by atoms with van der Waals surface area (Å²) in [5.41, 5.74) is 0.693. The third-order valence-corrected chi connectivity index (χ3v) is 3.89. The largest absolute Gasteiger partial charge is 0.493 e. The zero-order valence-electron chi connectivity index (χ0n) is 13.0. The first kappa shape index (κ1) is 18.2. The highest BCUT2D eigenvalue weighted by Gasteiger charge is 2.43. The van der Waals surface area contributed by atoms with Gasteiger partial charge in [0.15, 0.2) is 17.6 Å². The van der Waals surface area contributed by atoms with E-state index in [0.717, 1.165) is 0 Å². The van der Waals surface area contributed by atoms with Crippen molar-refractivity contribution in [3.63, 3.8) is 0 Å². The fourth-order valence-corrected chi connectivity index (χ4v) is 2.62. The Balaban J connectivity index is 2.14. The van der Waals surface area contributed by atoms with Gasteiger partial charge >= 0.3 is 6.18 Å². The zero-order chi connectivity index (χ0) is 17.0. The molecule has 0 unspecified atom stereocenters. The Morgan fingerprint density at radius 1 is 1.35 bits per heavy atom. The van der Waals surface area contributed by atoms with Gasteiger partial charge in [0, 0.05) is 30.7 Å². The molecule has 1 aromatic rings. The van der Waals surface area contributed by atoms with Crippen LogP contribution >= 0.6 is 11.6 Å². The molecule has 0 aliphatic carbocycles. The number of hydrogen-bond donors (Lipinski definition) is 0. The maximum absolute atomic E-state index is 12.8. The van der Waals surface area contributed by atoms with E-state index in [0.29, 0.717) is 41.8 Å². The minimum absolute atomic E-state index is 0.0380. The second-order valence-electron chi connectivity index (χ2n) is 5.16. The van der Waals surface area contributed by atoms with Crippen molar-refractivity contribution in [2.24, 2.45) is 0 Å². The van der Waals surface area contributed by atoms with Gasteiger partial charge in [-0.05, 0) is 18.6 Å². The molecule has 130 valence electrons. The second-order valence-corrected chi connectivity index (χ2v) is 5.57. The van der Waals surface area contributed by atoms with Crippen LogP contribution < -0.4 is 9.47 Å². The first-order valence-corrected chi connectivity index (χ1v) is 7.62. The predicted octanol–water partition coefficient (Wildman–Crippen LogP) is 3.51. The summed E-state index contributed by atoms with van der Waals surface area (Å²) in [7, 11) is 1.50. The number of morpholine rings is 1. The Bertz CT molecular complexity index is 539. The molecular weight excluding hydrogens is 335 g/mol. The van der Waals surface area contributed by atoms with Gasteiger partial charge in [-0.15, -0.1) is 0 Å². The second kappa shape index (κ2) is 7.59. The van der Waals surface area contributed by atoms with Gasteiger partial charge < -0.3 is 14.2 Å². The summed E-state index contributed by atoms with van der Waals surface area (Å²) in [6.45, 7) is 2.82. The molecule has 0 aromatic heterocycles. The SMILES string of the molecule is CCOc1cc(CN2CCO[C@@H](C(F)(F)F)C2)c(Cl)cc1OC. The van der Waals surface area contributed by atoms with Crippen LogP contribution in [0.15, 0.2) is 12.1 Å². The van der Waals surface area contributed by atoms with Crippen LogP contribution in [0.1, 0.15) is 12.5 Å². The Morgan fingerprint density at radius 2 is 2.09 bits per heavy atom. The molecule has 1 heterocycles. The zero-order valence-corrected chi connectivity index (χ0v) is 13.7. The molecule has 1 aliphatic heterocycles. The topological polar surface area (TPSA) is 30.9 Å². The molecule has 0 N–H and O–H groups in total. The number of benzene rings is 1. The van der Waals surface area contributed by atoms with Gasteiger partial charge in [0.1, 0.15) is 0 Å². The van der Waals surface area contributed by atoms with E-state index < -0.39 is 12.3 Å². The molecule has 1 aliphatic rings. The molecule has 23 heavy (non-hydrogen) atoms. The van der Waals surface area contributed by atoms with Gasteiger partial charge in [-0.2, -0.15) is 13.2 Å². The average molecular weight is 354 g/mol. The maximum Gasteiger partial charge on any atom is 0.415 e. The first-order chi connectivity index (χ1) is 10.8. The fourth-order valence-electron chi connectivity index (χ4n) is 2.41. The number of halogens is 4. The number of alkyl halides is 3. The maximum atomic E-state index is 12.8. The van der Waals surface area contributed by atoms with Crippen molar-refractivity contribution in [2.45, 2.75) is 25.7 Å². The Kier molecular flexibility index (Phi) is 6.00. The minimum atomic E-state index is -4.36. The van der Waals surface area contributed by atoms with Gasteiger partial charge in [0.05, 0.1) is 20.3 Å². The first-order valence-electron chi connectivity index (χ1n) is 7.25. The quantitative estimate of drug-likeness (QED) is 0.810. The summed E-state index contributed by atoms with van der Waals surface area (Å²) >= 11 is 6.21. The number of hydrogen-bond acceptors (Lipinski definition) is 4. The number of rotatable bonds is 5. The summed E-state index contributed by atoms with van der Waals surface area (Å²) in [5, 5.41) is 0.431. The van der Waals surface area contributed by atoms with Crippen LogP contribution in [0.2, 0.25) is 5.02 Å². The van der Waals surface area contributed by atoms with Gasteiger partial charge in [0.25, 0.3) is 0 Å². The molecule has 1 fully saturated rings. The van der Waals surface area contributed by atoms with Crippen LogP contribution in [-0.4, -0.2) is 50.6 Å². The molecule has 0 amide bonds. The molecule has 2 rings (SSSR count). The summed E-state index contributed by atoms with van der Waals surface area (Å²) in [4.78, 5) is 1.67. The van der Waals surface area contributed by atoms with Crippen LogP contribution in [0.25, 0.3) is 0 Å². The standard InChI is InChI=1S/C15H19ClF3NO3/c1-3-22-13-6-10(11(16)7-12(13)21-2)8-20-4-5-23-14(9-20)15(17,18)19/h6-7,14H,3-5,8-9H2,1-2H3/t14-/m1/s1. The number of ether oxygens (including phenoxy) is 3. The highest BCUT2D eigenvalue weighted by molar-refractivity contribution is 6.31. The van der Waals surface area contributed by atoms with Crippen molar-refractivity contribution in [2.75, 3.05) is 33.4 Å². The van der Waals surface area contributed by atoms with Gasteiger partial charge in [-0.25, -0.2) is 0 Å². The lowest BCUT2D eigenvalue weighted by Crippen LogP contribution is -2.48. The Hall–Kier alpha value is -1.18. The van der Waals surface area contributed by atoms with Crippen LogP contribution in [0.4, 0.5) is 13.2 Å².